The van der Waals surface area contributed by atoms with Gasteiger partial charge in [-0.2, -0.15) is 13.2 Å². The van der Waals surface area contributed by atoms with Crippen LogP contribution in [0.2, 0.25) is 0 Å². The van der Waals surface area contributed by atoms with Gasteiger partial charge in [-0.05, 0) is 19.4 Å². The van der Waals surface area contributed by atoms with Crippen LogP contribution >= 0.6 is 0 Å². The lowest BCUT2D eigenvalue weighted by Gasteiger charge is -2.17. The Balaban J connectivity index is 2.72. The first kappa shape index (κ1) is 16.3. The van der Waals surface area contributed by atoms with Crippen molar-refractivity contribution < 1.29 is 18.0 Å². The van der Waals surface area contributed by atoms with Crippen LogP contribution in [-0.2, 0) is 0 Å². The van der Waals surface area contributed by atoms with Gasteiger partial charge in [-0.3, -0.25) is 9.78 Å². The van der Waals surface area contributed by atoms with Crippen molar-refractivity contribution in [3.05, 3.63) is 24.0 Å². The summed E-state index contributed by atoms with van der Waals surface area (Å²) in [6.07, 6.45) is -1.63. The normalized spacial score (nSPS) is 12.8. The van der Waals surface area contributed by atoms with E-state index in [1.807, 2.05) is 6.92 Å². The Morgan fingerprint density at radius 2 is 2.15 bits per heavy atom. The number of hydrogen-bond donors (Lipinski definition) is 2. The molecule has 0 saturated heterocycles. The molecule has 112 valence electrons. The fourth-order valence-corrected chi connectivity index (χ4v) is 1.69. The molecule has 1 amide bonds. The molecule has 1 rings (SSSR count). The lowest BCUT2D eigenvalue weighted by molar-refractivity contribution is -0.138. The van der Waals surface area contributed by atoms with Crippen molar-refractivity contribution in [3.8, 4) is 0 Å². The summed E-state index contributed by atoms with van der Waals surface area (Å²) in [6.45, 7) is 3.96. The van der Waals surface area contributed by atoms with Crippen molar-refractivity contribution in [1.82, 2.24) is 10.3 Å². The number of halogens is 3. The van der Waals surface area contributed by atoms with E-state index in [4.69, 9.17) is 0 Å². The van der Waals surface area contributed by atoms with E-state index in [0.29, 0.717) is 12.2 Å². The van der Waals surface area contributed by atoms with Gasteiger partial charge in [0.1, 0.15) is 0 Å². The van der Waals surface area contributed by atoms with Crippen molar-refractivity contribution in [2.75, 3.05) is 11.9 Å². The number of anilines is 1. The van der Waals surface area contributed by atoms with Gasteiger partial charge in [0.05, 0.1) is 17.7 Å². The number of rotatable bonds is 6. The maximum absolute atomic E-state index is 12.2. The molecule has 0 aromatic carbocycles. The maximum atomic E-state index is 12.2. The van der Waals surface area contributed by atoms with Crippen LogP contribution in [0.25, 0.3) is 0 Å². The van der Waals surface area contributed by atoms with Gasteiger partial charge in [-0.25, -0.2) is 0 Å². The molecular formula is C13H18F3N3O. The van der Waals surface area contributed by atoms with Crippen LogP contribution in [0.5, 0.6) is 0 Å². The molecule has 1 atom stereocenters. The third-order valence-electron chi connectivity index (χ3n) is 2.55. The minimum atomic E-state index is -4.30. The molecule has 0 spiro atoms. The molecule has 0 radical (unpaired) electrons. The van der Waals surface area contributed by atoms with E-state index < -0.39 is 24.5 Å². The largest absolute Gasteiger partial charge is 0.391 e. The topological polar surface area (TPSA) is 54.0 Å². The Labute approximate surface area is 115 Å². The van der Waals surface area contributed by atoms with Gasteiger partial charge in [-0.1, -0.05) is 6.92 Å². The van der Waals surface area contributed by atoms with Gasteiger partial charge < -0.3 is 10.6 Å². The molecule has 7 heteroatoms. The Kier molecular flexibility index (Phi) is 5.79. The van der Waals surface area contributed by atoms with E-state index in [1.54, 1.807) is 6.07 Å². The standard InChI is InChI=1S/C13H18F3N3O/c1-3-5-18-11-4-6-17-8-10(11)12(20)19-9(2)7-13(14,15)16/h4,6,8-9H,3,5,7H2,1-2H3,(H,17,18)(H,19,20). The van der Waals surface area contributed by atoms with Crippen LogP contribution in [-0.4, -0.2) is 29.7 Å². The molecule has 0 bridgehead atoms. The van der Waals surface area contributed by atoms with Crippen LogP contribution < -0.4 is 10.6 Å². The molecule has 0 aliphatic rings. The quantitative estimate of drug-likeness (QED) is 0.846. The Hall–Kier alpha value is -1.79. The lowest BCUT2D eigenvalue weighted by Crippen LogP contribution is -2.36. The van der Waals surface area contributed by atoms with Gasteiger partial charge in [0.2, 0.25) is 0 Å². The SMILES string of the molecule is CCCNc1ccncc1C(=O)NC(C)CC(F)(F)F. The Morgan fingerprint density at radius 3 is 2.75 bits per heavy atom. The van der Waals surface area contributed by atoms with E-state index >= 15 is 0 Å². The second-order valence-electron chi connectivity index (χ2n) is 4.54. The van der Waals surface area contributed by atoms with Crippen molar-refractivity contribution >= 4 is 11.6 Å². The molecule has 1 aromatic rings. The number of nitrogens with zero attached hydrogens (tertiary/aromatic N) is 1. The Morgan fingerprint density at radius 1 is 1.45 bits per heavy atom. The first-order valence-electron chi connectivity index (χ1n) is 6.39. The lowest BCUT2D eigenvalue weighted by atomic mass is 10.1. The summed E-state index contributed by atoms with van der Waals surface area (Å²) in [4.78, 5) is 15.8. The van der Waals surface area contributed by atoms with Crippen molar-refractivity contribution in [2.24, 2.45) is 0 Å². The number of amides is 1. The van der Waals surface area contributed by atoms with Crippen LogP contribution in [0.4, 0.5) is 18.9 Å². The zero-order valence-electron chi connectivity index (χ0n) is 11.4. The highest BCUT2D eigenvalue weighted by Gasteiger charge is 2.30. The average molecular weight is 289 g/mol. The predicted octanol–water partition coefficient (Wildman–Crippen LogP) is 2.97. The van der Waals surface area contributed by atoms with Gasteiger partial charge in [-0.15, -0.1) is 0 Å². The first-order valence-corrected chi connectivity index (χ1v) is 6.39. The summed E-state index contributed by atoms with van der Waals surface area (Å²) in [5.41, 5.74) is 0.813. The van der Waals surface area contributed by atoms with Gasteiger partial charge in [0, 0.05) is 25.0 Å². The Bertz CT molecular complexity index is 449. The third-order valence-corrected chi connectivity index (χ3v) is 2.55. The third kappa shape index (κ3) is 5.46. The minimum Gasteiger partial charge on any atom is -0.384 e. The van der Waals surface area contributed by atoms with Crippen molar-refractivity contribution in [3.63, 3.8) is 0 Å². The molecule has 0 aliphatic carbocycles. The number of carbonyl (C=O) groups excluding carboxylic acids is 1. The first-order chi connectivity index (χ1) is 9.33. The van der Waals surface area contributed by atoms with E-state index in [9.17, 15) is 18.0 Å². The van der Waals surface area contributed by atoms with Gasteiger partial charge in [0.25, 0.3) is 5.91 Å². The molecule has 1 heterocycles. The van der Waals surface area contributed by atoms with Crippen LogP contribution in [0, 0.1) is 0 Å². The second-order valence-corrected chi connectivity index (χ2v) is 4.54. The van der Waals surface area contributed by atoms with Crippen LogP contribution in [0.1, 0.15) is 37.0 Å². The summed E-state index contributed by atoms with van der Waals surface area (Å²) in [6, 6.07) is 0.639. The number of hydrogen-bond acceptors (Lipinski definition) is 3. The minimum absolute atomic E-state index is 0.245. The fraction of sp³-hybridized carbons (Fsp3) is 0.538. The summed E-state index contributed by atoms with van der Waals surface area (Å²) >= 11 is 0. The number of nitrogens with one attached hydrogen (secondary N) is 2. The van der Waals surface area contributed by atoms with Crippen LogP contribution in [0.3, 0.4) is 0 Å². The molecule has 2 N–H and O–H groups in total. The number of aromatic nitrogens is 1. The highest BCUT2D eigenvalue weighted by molar-refractivity contribution is 5.99. The zero-order valence-corrected chi connectivity index (χ0v) is 11.4. The van der Waals surface area contributed by atoms with E-state index in [-0.39, 0.29) is 5.56 Å². The molecular weight excluding hydrogens is 271 g/mol. The zero-order chi connectivity index (χ0) is 15.2. The van der Waals surface area contributed by atoms with E-state index in [1.165, 1.54) is 19.3 Å². The summed E-state index contributed by atoms with van der Waals surface area (Å²) in [7, 11) is 0. The summed E-state index contributed by atoms with van der Waals surface area (Å²) < 4.78 is 36.7. The molecule has 0 saturated carbocycles. The molecule has 20 heavy (non-hydrogen) atoms. The molecule has 1 unspecified atom stereocenters. The summed E-state index contributed by atoms with van der Waals surface area (Å²) in [5, 5.41) is 5.37. The maximum Gasteiger partial charge on any atom is 0.391 e. The monoisotopic (exact) mass is 289 g/mol. The second kappa shape index (κ2) is 7.12. The number of carbonyl (C=O) groups is 1. The summed E-state index contributed by atoms with van der Waals surface area (Å²) in [5.74, 6) is -0.562. The van der Waals surface area contributed by atoms with E-state index in [2.05, 4.69) is 15.6 Å². The van der Waals surface area contributed by atoms with Crippen molar-refractivity contribution in [1.29, 1.82) is 0 Å². The molecule has 4 nitrogen and oxygen atoms in total. The van der Waals surface area contributed by atoms with Gasteiger partial charge in [0.15, 0.2) is 0 Å². The average Bonchev–Trinajstić information content (AvgIpc) is 2.34. The predicted molar refractivity (Wildman–Crippen MR) is 70.6 cm³/mol. The highest BCUT2D eigenvalue weighted by Crippen LogP contribution is 2.22. The number of alkyl halides is 3. The smallest absolute Gasteiger partial charge is 0.384 e. The fourth-order valence-electron chi connectivity index (χ4n) is 1.69. The molecule has 1 aromatic heterocycles. The van der Waals surface area contributed by atoms with Gasteiger partial charge >= 0.3 is 6.18 Å². The molecule has 0 fully saturated rings. The van der Waals surface area contributed by atoms with Crippen LogP contribution in [0.15, 0.2) is 18.5 Å². The highest BCUT2D eigenvalue weighted by atomic mass is 19.4. The number of pyridine rings is 1. The van der Waals surface area contributed by atoms with Crippen molar-refractivity contribution in [2.45, 2.75) is 38.9 Å². The molecule has 0 aliphatic heterocycles. The van der Waals surface area contributed by atoms with E-state index in [0.717, 1.165) is 6.42 Å².